The minimum atomic E-state index is -4.06. The van der Waals surface area contributed by atoms with Crippen LogP contribution in [0.1, 0.15) is 18.1 Å². The molecule has 0 saturated carbocycles. The summed E-state index contributed by atoms with van der Waals surface area (Å²) in [6.07, 6.45) is 1.47. The quantitative estimate of drug-likeness (QED) is 0.762. The van der Waals surface area contributed by atoms with Gasteiger partial charge in [-0.3, -0.25) is 4.79 Å². The van der Waals surface area contributed by atoms with Crippen LogP contribution in [0.15, 0.2) is 58.6 Å². The maximum absolute atomic E-state index is 13.0. The zero-order valence-electron chi connectivity index (χ0n) is 17.2. The van der Waals surface area contributed by atoms with Gasteiger partial charge < -0.3 is 14.8 Å². The first kappa shape index (κ1) is 21.4. The fourth-order valence-corrected chi connectivity index (χ4v) is 4.32. The number of carbonyl (C=O) groups is 1. The lowest BCUT2D eigenvalue weighted by molar-refractivity contribution is -0.113. The molecule has 1 amide bonds. The molecule has 0 aromatic heterocycles. The minimum absolute atomic E-state index is 0.0150. The third-order valence-electron chi connectivity index (χ3n) is 4.57. The zero-order valence-corrected chi connectivity index (χ0v) is 18.0. The normalized spacial score (nSPS) is 15.1. The van der Waals surface area contributed by atoms with Crippen LogP contribution < -0.4 is 14.8 Å². The van der Waals surface area contributed by atoms with Gasteiger partial charge >= 0.3 is 10.2 Å². The Morgan fingerprint density at radius 1 is 1.13 bits per heavy atom. The molecular formula is C21H23N3O5S. The number of benzene rings is 2. The van der Waals surface area contributed by atoms with E-state index in [1.807, 2.05) is 6.92 Å². The molecule has 1 N–H and O–H groups in total. The number of rotatable bonds is 6. The highest BCUT2D eigenvalue weighted by Gasteiger charge is 2.32. The minimum Gasteiger partial charge on any atom is -0.497 e. The molecule has 0 radical (unpaired) electrons. The van der Waals surface area contributed by atoms with Gasteiger partial charge in [-0.15, -0.1) is 4.40 Å². The van der Waals surface area contributed by atoms with Crippen LogP contribution in [0.2, 0.25) is 0 Å². The Kier molecular flexibility index (Phi) is 6.12. The van der Waals surface area contributed by atoms with Crippen LogP contribution in [0.3, 0.4) is 0 Å². The first-order chi connectivity index (χ1) is 14.3. The molecule has 9 heteroatoms. The van der Waals surface area contributed by atoms with Crippen LogP contribution in [-0.4, -0.2) is 45.1 Å². The third-order valence-corrected chi connectivity index (χ3v) is 6.01. The summed E-state index contributed by atoms with van der Waals surface area (Å²) in [5, 5.41) is 2.72. The SMILES string of the molecule is CCN1C(C(=O)Nc2cccc(OC)c2)=CC(c2ccc(OC)c(C)c2)=NS1(=O)=O. The number of allylic oxidation sites excluding steroid dienone is 1. The first-order valence-electron chi connectivity index (χ1n) is 9.23. The summed E-state index contributed by atoms with van der Waals surface area (Å²) >= 11 is 0. The van der Waals surface area contributed by atoms with Crippen molar-refractivity contribution in [2.45, 2.75) is 13.8 Å². The molecule has 8 nitrogen and oxygen atoms in total. The molecule has 0 unspecified atom stereocenters. The number of carbonyl (C=O) groups excluding carboxylic acids is 1. The average Bonchev–Trinajstić information content (AvgIpc) is 2.72. The third kappa shape index (κ3) is 4.30. The average molecular weight is 429 g/mol. The molecule has 30 heavy (non-hydrogen) atoms. The van der Waals surface area contributed by atoms with E-state index in [9.17, 15) is 13.2 Å². The van der Waals surface area contributed by atoms with Crippen molar-refractivity contribution >= 4 is 27.5 Å². The molecule has 0 bridgehead atoms. The fraction of sp³-hybridized carbons (Fsp3) is 0.238. The van der Waals surface area contributed by atoms with Crippen LogP contribution in [0, 0.1) is 6.92 Å². The number of likely N-dealkylation sites (N-methyl/N-ethyl adjacent to an activating group) is 1. The van der Waals surface area contributed by atoms with Gasteiger partial charge in [-0.25, -0.2) is 4.31 Å². The molecule has 3 rings (SSSR count). The van der Waals surface area contributed by atoms with Gasteiger partial charge in [-0.05, 0) is 55.8 Å². The molecule has 0 spiro atoms. The van der Waals surface area contributed by atoms with E-state index < -0.39 is 16.1 Å². The maximum atomic E-state index is 13.0. The number of aryl methyl sites for hydroxylation is 1. The van der Waals surface area contributed by atoms with Crippen molar-refractivity contribution in [1.29, 1.82) is 0 Å². The van der Waals surface area contributed by atoms with Gasteiger partial charge in [0, 0.05) is 23.9 Å². The molecule has 1 heterocycles. The lowest BCUT2D eigenvalue weighted by atomic mass is 10.1. The first-order valence-corrected chi connectivity index (χ1v) is 10.6. The largest absolute Gasteiger partial charge is 0.497 e. The van der Waals surface area contributed by atoms with E-state index in [4.69, 9.17) is 9.47 Å². The van der Waals surface area contributed by atoms with Crippen LogP contribution in [0.25, 0.3) is 0 Å². The number of nitrogens with zero attached hydrogens (tertiary/aromatic N) is 2. The van der Waals surface area contributed by atoms with E-state index in [1.165, 1.54) is 13.2 Å². The zero-order chi connectivity index (χ0) is 21.9. The Morgan fingerprint density at radius 2 is 1.90 bits per heavy atom. The molecule has 2 aromatic rings. The van der Waals surface area contributed by atoms with Gasteiger partial charge in [0.1, 0.15) is 17.2 Å². The summed E-state index contributed by atoms with van der Waals surface area (Å²) in [6, 6.07) is 12.0. The second-order valence-corrected chi connectivity index (χ2v) is 8.04. The molecule has 1 aliphatic rings. The smallest absolute Gasteiger partial charge is 0.345 e. The number of amides is 1. The highest BCUT2D eigenvalue weighted by Crippen LogP contribution is 2.25. The number of hydrogen-bond donors (Lipinski definition) is 1. The molecule has 0 fully saturated rings. The topological polar surface area (TPSA) is 97.3 Å². The molecule has 1 aliphatic heterocycles. The summed E-state index contributed by atoms with van der Waals surface area (Å²) < 4.78 is 40.8. The maximum Gasteiger partial charge on any atom is 0.345 e. The van der Waals surface area contributed by atoms with Crippen molar-refractivity contribution in [2.24, 2.45) is 4.40 Å². The number of hydrogen-bond acceptors (Lipinski definition) is 5. The summed E-state index contributed by atoms with van der Waals surface area (Å²) in [6.45, 7) is 3.55. The number of ether oxygens (including phenoxy) is 2. The van der Waals surface area contributed by atoms with Gasteiger partial charge in [-0.1, -0.05) is 6.07 Å². The number of methoxy groups -OCH3 is 2. The van der Waals surface area contributed by atoms with Crippen molar-refractivity contribution in [3.8, 4) is 11.5 Å². The molecule has 0 saturated heterocycles. The monoisotopic (exact) mass is 429 g/mol. The van der Waals surface area contributed by atoms with Crippen molar-refractivity contribution in [3.63, 3.8) is 0 Å². The van der Waals surface area contributed by atoms with Crippen molar-refractivity contribution < 1.29 is 22.7 Å². The van der Waals surface area contributed by atoms with Crippen LogP contribution in [0.4, 0.5) is 5.69 Å². The lowest BCUT2D eigenvalue weighted by Gasteiger charge is -2.26. The molecule has 0 aliphatic carbocycles. The second kappa shape index (κ2) is 8.58. The standard InChI is InChI=1S/C21H23N3O5S/c1-5-24-19(21(25)22-16-7-6-8-17(12-16)28-3)13-18(23-30(24,26)27)15-9-10-20(29-4)14(2)11-15/h6-13H,5H2,1-4H3,(H,22,25). The summed E-state index contributed by atoms with van der Waals surface area (Å²) in [5.74, 6) is 0.681. The second-order valence-electron chi connectivity index (χ2n) is 6.52. The van der Waals surface area contributed by atoms with E-state index in [2.05, 4.69) is 9.71 Å². The van der Waals surface area contributed by atoms with E-state index in [-0.39, 0.29) is 18.0 Å². The highest BCUT2D eigenvalue weighted by molar-refractivity contribution is 7.88. The Hall–Kier alpha value is -3.33. The fourth-order valence-electron chi connectivity index (χ4n) is 3.11. The van der Waals surface area contributed by atoms with Crippen LogP contribution >= 0.6 is 0 Å². The predicted molar refractivity (Wildman–Crippen MR) is 115 cm³/mol. The van der Waals surface area contributed by atoms with Crippen molar-refractivity contribution in [2.75, 3.05) is 26.1 Å². The van der Waals surface area contributed by atoms with E-state index in [0.29, 0.717) is 22.7 Å². The Bertz CT molecular complexity index is 1140. The Labute approximate surface area is 176 Å². The van der Waals surface area contributed by atoms with Gasteiger partial charge in [0.05, 0.1) is 19.9 Å². The number of nitrogens with one attached hydrogen (secondary N) is 1. The van der Waals surface area contributed by atoms with Gasteiger partial charge in [0.15, 0.2) is 0 Å². The van der Waals surface area contributed by atoms with Crippen molar-refractivity contribution in [1.82, 2.24) is 4.31 Å². The van der Waals surface area contributed by atoms with Gasteiger partial charge in [0.2, 0.25) is 0 Å². The molecule has 2 aromatic carbocycles. The molecule has 0 atom stereocenters. The summed E-state index contributed by atoms with van der Waals surface area (Å²) in [4.78, 5) is 13.0. The Morgan fingerprint density at radius 3 is 2.53 bits per heavy atom. The molecular weight excluding hydrogens is 406 g/mol. The van der Waals surface area contributed by atoms with Crippen LogP contribution in [-0.2, 0) is 15.0 Å². The number of anilines is 1. The van der Waals surface area contributed by atoms with E-state index in [0.717, 1.165) is 9.87 Å². The lowest BCUT2D eigenvalue weighted by Crippen LogP contribution is -2.38. The summed E-state index contributed by atoms with van der Waals surface area (Å²) in [5.41, 5.74) is 2.04. The molecule has 158 valence electrons. The van der Waals surface area contributed by atoms with Crippen molar-refractivity contribution in [3.05, 3.63) is 65.4 Å². The van der Waals surface area contributed by atoms with Gasteiger partial charge in [-0.2, -0.15) is 8.42 Å². The van der Waals surface area contributed by atoms with Crippen LogP contribution in [0.5, 0.6) is 11.5 Å². The van der Waals surface area contributed by atoms with Gasteiger partial charge in [0.25, 0.3) is 5.91 Å². The van der Waals surface area contributed by atoms with E-state index in [1.54, 1.807) is 56.5 Å². The Balaban J connectivity index is 2.00. The highest BCUT2D eigenvalue weighted by atomic mass is 32.2. The van der Waals surface area contributed by atoms with E-state index >= 15 is 0 Å². The summed E-state index contributed by atoms with van der Waals surface area (Å²) in [7, 11) is -0.979. The predicted octanol–water partition coefficient (Wildman–Crippen LogP) is 2.90.